The van der Waals surface area contributed by atoms with Gasteiger partial charge in [0.05, 0.1) is 12.6 Å². The molecule has 1 saturated carbocycles. The third kappa shape index (κ3) is 7.21. The van der Waals surface area contributed by atoms with E-state index in [1.54, 1.807) is 11.9 Å². The Morgan fingerprint density at radius 2 is 1.92 bits per heavy atom. The minimum Gasteiger partial charge on any atom is -0.492 e. The monoisotopic (exact) mass is 334 g/mol. The van der Waals surface area contributed by atoms with Gasteiger partial charge < -0.3 is 19.7 Å². The van der Waals surface area contributed by atoms with E-state index in [0.717, 1.165) is 18.8 Å². The van der Waals surface area contributed by atoms with Crippen LogP contribution >= 0.6 is 0 Å². The number of rotatable bonds is 9. The highest BCUT2D eigenvalue weighted by molar-refractivity contribution is 5.73. The van der Waals surface area contributed by atoms with Gasteiger partial charge in [-0.15, -0.1) is 0 Å². The molecule has 1 fully saturated rings. The largest absolute Gasteiger partial charge is 0.492 e. The first kappa shape index (κ1) is 18.6. The Morgan fingerprint density at radius 3 is 2.67 bits per heavy atom. The summed E-state index contributed by atoms with van der Waals surface area (Å²) in [5, 5.41) is 2.92. The van der Waals surface area contributed by atoms with Gasteiger partial charge in [0.2, 0.25) is 0 Å². The van der Waals surface area contributed by atoms with Crippen molar-refractivity contribution in [2.45, 2.75) is 44.6 Å². The number of likely N-dealkylation sites (N-methyl/N-ethyl adjacent to an activating group) is 1. The van der Waals surface area contributed by atoms with Crippen molar-refractivity contribution in [2.75, 3.05) is 33.4 Å². The smallest absolute Gasteiger partial charge is 0.317 e. The van der Waals surface area contributed by atoms with Crippen LogP contribution in [0.3, 0.4) is 0 Å². The van der Waals surface area contributed by atoms with Gasteiger partial charge in [-0.3, -0.25) is 0 Å². The lowest BCUT2D eigenvalue weighted by molar-refractivity contribution is 0.0274. The van der Waals surface area contributed by atoms with E-state index in [0.29, 0.717) is 25.8 Å². The summed E-state index contributed by atoms with van der Waals surface area (Å²) in [5.41, 5.74) is 0. The van der Waals surface area contributed by atoms with Crippen molar-refractivity contribution in [1.82, 2.24) is 10.2 Å². The van der Waals surface area contributed by atoms with Gasteiger partial charge in [-0.25, -0.2) is 4.79 Å². The number of carbonyl (C=O) groups excluding carboxylic acids is 1. The van der Waals surface area contributed by atoms with Gasteiger partial charge in [-0.1, -0.05) is 37.5 Å². The molecule has 0 aliphatic heterocycles. The average Bonchev–Trinajstić information content (AvgIpc) is 2.63. The predicted molar refractivity (Wildman–Crippen MR) is 95.4 cm³/mol. The molecule has 0 atom stereocenters. The molecule has 0 spiro atoms. The predicted octanol–water partition coefficient (Wildman–Crippen LogP) is 3.45. The molecule has 1 aromatic carbocycles. The fourth-order valence-corrected chi connectivity index (χ4v) is 2.80. The lowest BCUT2D eigenvalue weighted by atomic mass is 9.98. The van der Waals surface area contributed by atoms with Crippen LogP contribution in [0.5, 0.6) is 5.75 Å². The number of hydrogen-bond donors (Lipinski definition) is 1. The van der Waals surface area contributed by atoms with Crippen LogP contribution in [-0.2, 0) is 4.74 Å². The highest BCUT2D eigenvalue weighted by Gasteiger charge is 2.13. The molecule has 2 amide bonds. The van der Waals surface area contributed by atoms with E-state index in [9.17, 15) is 4.79 Å². The second kappa shape index (κ2) is 10.9. The first-order chi connectivity index (χ1) is 11.8. The second-order valence-electron chi connectivity index (χ2n) is 6.30. The van der Waals surface area contributed by atoms with E-state index in [4.69, 9.17) is 9.47 Å². The normalized spacial score (nSPS) is 15.0. The topological polar surface area (TPSA) is 50.8 Å². The Hall–Kier alpha value is -1.75. The molecular weight excluding hydrogens is 304 g/mol. The third-order valence-electron chi connectivity index (χ3n) is 4.29. The maximum atomic E-state index is 12.0. The molecule has 0 heterocycles. The zero-order valence-corrected chi connectivity index (χ0v) is 14.7. The summed E-state index contributed by atoms with van der Waals surface area (Å²) in [6.07, 6.45) is 7.60. The lowest BCUT2D eigenvalue weighted by Crippen LogP contribution is -2.40. The Balaban J connectivity index is 1.48. The maximum absolute atomic E-state index is 12.0. The number of nitrogens with one attached hydrogen (secondary N) is 1. The van der Waals surface area contributed by atoms with Crippen LogP contribution in [0.4, 0.5) is 4.79 Å². The summed E-state index contributed by atoms with van der Waals surface area (Å²) < 4.78 is 11.4. The van der Waals surface area contributed by atoms with Crippen LogP contribution in [-0.4, -0.2) is 50.4 Å². The summed E-state index contributed by atoms with van der Waals surface area (Å²) in [6.45, 7) is 2.42. The molecular formula is C19H30N2O3. The molecule has 24 heavy (non-hydrogen) atoms. The van der Waals surface area contributed by atoms with E-state index in [2.05, 4.69) is 5.32 Å². The summed E-state index contributed by atoms with van der Waals surface area (Å²) in [4.78, 5) is 13.6. The molecule has 5 heteroatoms. The molecule has 1 aliphatic rings. The first-order valence-corrected chi connectivity index (χ1v) is 9.04. The van der Waals surface area contributed by atoms with E-state index in [1.807, 2.05) is 30.3 Å². The van der Waals surface area contributed by atoms with Crippen LogP contribution in [0.15, 0.2) is 30.3 Å². The van der Waals surface area contributed by atoms with Crippen molar-refractivity contribution in [3.63, 3.8) is 0 Å². The summed E-state index contributed by atoms with van der Waals surface area (Å²) >= 11 is 0. The standard InChI is InChI=1S/C19H30N2O3/c1-21(14-16-24-18-11-6-3-7-12-18)19(22)20-13-8-15-23-17-9-4-2-5-10-17/h3,6-7,11-12,17H,2,4-5,8-10,13-16H2,1H3,(H,20,22). The Kier molecular flexibility index (Phi) is 8.46. The summed E-state index contributed by atoms with van der Waals surface area (Å²) in [5.74, 6) is 0.825. The van der Waals surface area contributed by atoms with Gasteiger partial charge in [0.15, 0.2) is 0 Å². The second-order valence-corrected chi connectivity index (χ2v) is 6.30. The third-order valence-corrected chi connectivity index (χ3v) is 4.29. The number of benzene rings is 1. The maximum Gasteiger partial charge on any atom is 0.317 e. The van der Waals surface area contributed by atoms with Crippen molar-refractivity contribution in [2.24, 2.45) is 0 Å². The van der Waals surface area contributed by atoms with Gasteiger partial charge in [0, 0.05) is 20.2 Å². The number of urea groups is 1. The van der Waals surface area contributed by atoms with Crippen LogP contribution in [0.25, 0.3) is 0 Å². The number of ether oxygens (including phenoxy) is 2. The van der Waals surface area contributed by atoms with Crippen molar-refractivity contribution >= 4 is 6.03 Å². The fraction of sp³-hybridized carbons (Fsp3) is 0.632. The molecule has 5 nitrogen and oxygen atoms in total. The number of hydrogen-bond acceptors (Lipinski definition) is 3. The molecule has 0 radical (unpaired) electrons. The molecule has 0 saturated heterocycles. The molecule has 0 aromatic heterocycles. The summed E-state index contributed by atoms with van der Waals surface area (Å²) in [6, 6.07) is 9.57. The molecule has 1 N–H and O–H groups in total. The van der Waals surface area contributed by atoms with Gasteiger partial charge in [-0.2, -0.15) is 0 Å². The van der Waals surface area contributed by atoms with E-state index in [1.165, 1.54) is 32.1 Å². The Morgan fingerprint density at radius 1 is 1.17 bits per heavy atom. The van der Waals surface area contributed by atoms with Crippen molar-refractivity contribution in [3.05, 3.63) is 30.3 Å². The molecule has 0 unspecified atom stereocenters. The minimum atomic E-state index is -0.0654. The van der Waals surface area contributed by atoms with Gasteiger partial charge in [0.25, 0.3) is 0 Å². The molecule has 2 rings (SSSR count). The number of nitrogens with zero attached hydrogens (tertiary/aromatic N) is 1. The Labute approximate surface area is 145 Å². The number of carbonyl (C=O) groups is 1. The van der Waals surface area contributed by atoms with E-state index in [-0.39, 0.29) is 6.03 Å². The molecule has 0 bridgehead atoms. The van der Waals surface area contributed by atoms with E-state index < -0.39 is 0 Å². The number of para-hydroxylation sites is 1. The van der Waals surface area contributed by atoms with E-state index >= 15 is 0 Å². The molecule has 1 aromatic rings. The van der Waals surface area contributed by atoms with Crippen LogP contribution in [0.1, 0.15) is 38.5 Å². The van der Waals surface area contributed by atoms with Crippen LogP contribution in [0.2, 0.25) is 0 Å². The zero-order valence-electron chi connectivity index (χ0n) is 14.7. The fourth-order valence-electron chi connectivity index (χ4n) is 2.80. The van der Waals surface area contributed by atoms with Gasteiger partial charge in [-0.05, 0) is 31.4 Å². The van der Waals surface area contributed by atoms with Crippen molar-refractivity contribution in [1.29, 1.82) is 0 Å². The van der Waals surface area contributed by atoms with Gasteiger partial charge in [0.1, 0.15) is 12.4 Å². The number of amides is 2. The van der Waals surface area contributed by atoms with Crippen molar-refractivity contribution in [3.8, 4) is 5.75 Å². The SMILES string of the molecule is CN(CCOc1ccccc1)C(=O)NCCCOC1CCCCC1. The molecule has 134 valence electrons. The van der Waals surface area contributed by atoms with Crippen LogP contribution < -0.4 is 10.1 Å². The Bertz CT molecular complexity index is 461. The highest BCUT2D eigenvalue weighted by atomic mass is 16.5. The lowest BCUT2D eigenvalue weighted by Gasteiger charge is -2.22. The molecule has 1 aliphatic carbocycles. The zero-order chi connectivity index (χ0) is 17.0. The summed E-state index contributed by atoms with van der Waals surface area (Å²) in [7, 11) is 1.78. The highest BCUT2D eigenvalue weighted by Crippen LogP contribution is 2.20. The van der Waals surface area contributed by atoms with Crippen LogP contribution in [0, 0.1) is 0 Å². The first-order valence-electron chi connectivity index (χ1n) is 9.04. The van der Waals surface area contributed by atoms with Crippen molar-refractivity contribution < 1.29 is 14.3 Å². The quantitative estimate of drug-likeness (QED) is 0.704. The average molecular weight is 334 g/mol. The van der Waals surface area contributed by atoms with Gasteiger partial charge >= 0.3 is 6.03 Å². The minimum absolute atomic E-state index is 0.0654.